The van der Waals surface area contributed by atoms with Gasteiger partial charge in [0.05, 0.1) is 11.8 Å². The third kappa shape index (κ3) is 6.69. The molecule has 27 heavy (non-hydrogen) atoms. The molecule has 1 amide bonds. The number of halogens is 3. The maximum absolute atomic E-state index is 12.5. The van der Waals surface area contributed by atoms with Gasteiger partial charge < -0.3 is 20.4 Å². The fourth-order valence-corrected chi connectivity index (χ4v) is 2.26. The van der Waals surface area contributed by atoms with E-state index in [0.717, 1.165) is 17.7 Å². The molecule has 1 aromatic heterocycles. The van der Waals surface area contributed by atoms with E-state index in [9.17, 15) is 18.0 Å². The van der Waals surface area contributed by atoms with Gasteiger partial charge in [-0.05, 0) is 36.2 Å². The highest BCUT2D eigenvalue weighted by Gasteiger charge is 2.29. The first-order chi connectivity index (χ1) is 12.9. The molecule has 2 rings (SSSR count). The standard InChI is InChI=1S/C18H21F3N4O2/c1-22-17(25-11-10-23-16(26)15-3-2-12-27-15)24-9-8-13-4-6-14(7-5-13)18(19,20)21/h2-7,12H,8-11H2,1H3,(H,23,26)(H2,22,24,25). The maximum atomic E-state index is 12.5. The van der Waals surface area contributed by atoms with Gasteiger partial charge in [0.1, 0.15) is 0 Å². The number of amides is 1. The minimum atomic E-state index is -4.32. The van der Waals surface area contributed by atoms with E-state index >= 15 is 0 Å². The third-order valence-corrected chi connectivity index (χ3v) is 3.66. The van der Waals surface area contributed by atoms with Crippen molar-refractivity contribution in [2.24, 2.45) is 4.99 Å². The number of hydrogen-bond donors (Lipinski definition) is 3. The number of rotatable bonds is 7. The summed E-state index contributed by atoms with van der Waals surface area (Å²) in [7, 11) is 1.61. The Balaban J connectivity index is 1.66. The van der Waals surface area contributed by atoms with Crippen LogP contribution in [0.1, 0.15) is 21.7 Å². The first kappa shape index (κ1) is 20.3. The van der Waals surface area contributed by atoms with E-state index in [1.165, 1.54) is 18.4 Å². The largest absolute Gasteiger partial charge is 0.459 e. The van der Waals surface area contributed by atoms with Crippen molar-refractivity contribution in [3.63, 3.8) is 0 Å². The number of carbonyl (C=O) groups is 1. The smallest absolute Gasteiger partial charge is 0.416 e. The fraction of sp³-hybridized carbons (Fsp3) is 0.333. The van der Waals surface area contributed by atoms with Crippen molar-refractivity contribution in [2.75, 3.05) is 26.7 Å². The molecule has 1 aromatic carbocycles. The second-order valence-electron chi connectivity index (χ2n) is 5.60. The average Bonchev–Trinajstić information content (AvgIpc) is 3.18. The number of carbonyl (C=O) groups excluding carboxylic acids is 1. The number of nitrogens with zero attached hydrogens (tertiary/aromatic N) is 1. The Kier molecular flexibility index (Phi) is 7.27. The van der Waals surface area contributed by atoms with Crippen molar-refractivity contribution >= 4 is 11.9 Å². The molecular weight excluding hydrogens is 361 g/mol. The first-order valence-electron chi connectivity index (χ1n) is 8.32. The van der Waals surface area contributed by atoms with Crippen LogP contribution in [0.2, 0.25) is 0 Å². The molecule has 0 fully saturated rings. The molecule has 0 bridgehead atoms. The molecular formula is C18H21F3N4O2. The Hall–Kier alpha value is -2.97. The molecule has 146 valence electrons. The maximum Gasteiger partial charge on any atom is 0.416 e. The lowest BCUT2D eigenvalue weighted by Gasteiger charge is -2.12. The summed E-state index contributed by atoms with van der Waals surface area (Å²) < 4.78 is 42.6. The Bertz CT molecular complexity index is 741. The number of furan rings is 1. The molecule has 0 radical (unpaired) electrons. The highest BCUT2D eigenvalue weighted by molar-refractivity contribution is 5.91. The molecule has 0 atom stereocenters. The number of alkyl halides is 3. The Morgan fingerprint density at radius 3 is 2.30 bits per heavy atom. The lowest BCUT2D eigenvalue weighted by atomic mass is 10.1. The van der Waals surface area contributed by atoms with Gasteiger partial charge >= 0.3 is 6.18 Å². The minimum absolute atomic E-state index is 0.244. The molecule has 0 aliphatic heterocycles. The van der Waals surface area contributed by atoms with Crippen molar-refractivity contribution in [1.82, 2.24) is 16.0 Å². The number of hydrogen-bond acceptors (Lipinski definition) is 3. The molecule has 0 saturated heterocycles. The molecule has 9 heteroatoms. The van der Waals surface area contributed by atoms with E-state index in [4.69, 9.17) is 4.42 Å². The zero-order chi connectivity index (χ0) is 19.7. The highest BCUT2D eigenvalue weighted by Crippen LogP contribution is 2.29. The molecule has 0 aliphatic carbocycles. The second-order valence-corrected chi connectivity index (χ2v) is 5.60. The number of aliphatic imine (C=N–C) groups is 1. The number of benzene rings is 1. The van der Waals surface area contributed by atoms with E-state index in [1.54, 1.807) is 19.2 Å². The molecule has 6 nitrogen and oxygen atoms in total. The van der Waals surface area contributed by atoms with Gasteiger partial charge in [0.2, 0.25) is 0 Å². The van der Waals surface area contributed by atoms with Crippen LogP contribution in [-0.4, -0.2) is 38.5 Å². The summed E-state index contributed by atoms with van der Waals surface area (Å²) >= 11 is 0. The molecule has 0 unspecified atom stereocenters. The van der Waals surface area contributed by atoms with Gasteiger partial charge in [0.25, 0.3) is 5.91 Å². The lowest BCUT2D eigenvalue weighted by molar-refractivity contribution is -0.137. The zero-order valence-electron chi connectivity index (χ0n) is 14.8. The van der Waals surface area contributed by atoms with Gasteiger partial charge in [0.15, 0.2) is 11.7 Å². The van der Waals surface area contributed by atoms with Crippen LogP contribution in [0.3, 0.4) is 0 Å². The molecule has 0 spiro atoms. The van der Waals surface area contributed by atoms with Gasteiger partial charge in [0, 0.05) is 26.7 Å². The van der Waals surface area contributed by atoms with E-state index < -0.39 is 11.7 Å². The Morgan fingerprint density at radius 2 is 1.70 bits per heavy atom. The van der Waals surface area contributed by atoms with Crippen molar-refractivity contribution in [1.29, 1.82) is 0 Å². The van der Waals surface area contributed by atoms with E-state index in [0.29, 0.717) is 32.0 Å². The van der Waals surface area contributed by atoms with Gasteiger partial charge in [-0.2, -0.15) is 13.2 Å². The predicted molar refractivity (Wildman–Crippen MR) is 95.6 cm³/mol. The summed E-state index contributed by atoms with van der Waals surface area (Å²) in [5, 5.41) is 8.79. The fourth-order valence-electron chi connectivity index (χ4n) is 2.26. The molecule has 1 heterocycles. The van der Waals surface area contributed by atoms with E-state index in [2.05, 4.69) is 20.9 Å². The van der Waals surface area contributed by atoms with Crippen LogP contribution in [0.4, 0.5) is 13.2 Å². The summed E-state index contributed by atoms with van der Waals surface area (Å²) in [6, 6.07) is 8.28. The monoisotopic (exact) mass is 382 g/mol. The van der Waals surface area contributed by atoms with Gasteiger partial charge in [-0.3, -0.25) is 9.79 Å². The Morgan fingerprint density at radius 1 is 1.04 bits per heavy atom. The van der Waals surface area contributed by atoms with Crippen molar-refractivity contribution < 1.29 is 22.4 Å². The minimum Gasteiger partial charge on any atom is -0.459 e. The van der Waals surface area contributed by atoms with Crippen molar-refractivity contribution in [3.05, 3.63) is 59.5 Å². The number of nitrogens with one attached hydrogen (secondary N) is 3. The Labute approximate surface area is 154 Å². The van der Waals surface area contributed by atoms with Crippen LogP contribution in [0.5, 0.6) is 0 Å². The van der Waals surface area contributed by atoms with Crippen LogP contribution in [-0.2, 0) is 12.6 Å². The first-order valence-corrected chi connectivity index (χ1v) is 8.32. The molecule has 2 aromatic rings. The third-order valence-electron chi connectivity index (χ3n) is 3.66. The van der Waals surface area contributed by atoms with Crippen LogP contribution in [0.15, 0.2) is 52.1 Å². The van der Waals surface area contributed by atoms with Gasteiger partial charge in [-0.25, -0.2) is 0 Å². The summed E-state index contributed by atoms with van der Waals surface area (Å²) in [5.41, 5.74) is 0.130. The van der Waals surface area contributed by atoms with Crippen LogP contribution >= 0.6 is 0 Å². The second kappa shape index (κ2) is 9.65. The molecule has 0 aliphatic rings. The molecule has 0 saturated carbocycles. The lowest BCUT2D eigenvalue weighted by Crippen LogP contribution is -2.42. The van der Waals surface area contributed by atoms with E-state index in [1.807, 2.05) is 0 Å². The highest BCUT2D eigenvalue weighted by atomic mass is 19.4. The van der Waals surface area contributed by atoms with E-state index in [-0.39, 0.29) is 11.7 Å². The normalized spacial score (nSPS) is 11.9. The van der Waals surface area contributed by atoms with Crippen LogP contribution in [0.25, 0.3) is 0 Å². The number of guanidine groups is 1. The average molecular weight is 382 g/mol. The van der Waals surface area contributed by atoms with Crippen LogP contribution < -0.4 is 16.0 Å². The quantitative estimate of drug-likeness (QED) is 0.391. The molecule has 3 N–H and O–H groups in total. The van der Waals surface area contributed by atoms with Gasteiger partial charge in [-0.15, -0.1) is 0 Å². The SMILES string of the molecule is CN=C(NCCNC(=O)c1ccco1)NCCc1ccc(C(F)(F)F)cc1. The topological polar surface area (TPSA) is 78.7 Å². The summed E-state index contributed by atoms with van der Waals surface area (Å²) in [6.07, 6.45) is -2.35. The van der Waals surface area contributed by atoms with Crippen molar-refractivity contribution in [3.8, 4) is 0 Å². The van der Waals surface area contributed by atoms with Gasteiger partial charge in [-0.1, -0.05) is 12.1 Å². The van der Waals surface area contributed by atoms with Crippen LogP contribution in [0, 0.1) is 0 Å². The summed E-state index contributed by atoms with van der Waals surface area (Å²) in [4.78, 5) is 15.7. The summed E-state index contributed by atoms with van der Waals surface area (Å²) in [6.45, 7) is 1.33. The van der Waals surface area contributed by atoms with Crippen molar-refractivity contribution in [2.45, 2.75) is 12.6 Å². The summed E-state index contributed by atoms with van der Waals surface area (Å²) in [5.74, 6) is 0.482. The predicted octanol–water partition coefficient (Wildman–Crippen LogP) is 2.44. The zero-order valence-corrected chi connectivity index (χ0v) is 14.8.